The van der Waals surface area contributed by atoms with Gasteiger partial charge in [-0.25, -0.2) is 14.1 Å². The van der Waals surface area contributed by atoms with E-state index in [1.807, 2.05) is 28.9 Å². The zero-order chi connectivity index (χ0) is 17.2. The average Bonchev–Trinajstić information content (AvgIpc) is 3.25. The van der Waals surface area contributed by atoms with Crippen LogP contribution in [0, 0.1) is 5.82 Å². The smallest absolute Gasteiger partial charge is 0.244 e. The molecule has 4 rings (SSSR count). The molecule has 1 fully saturated rings. The molecule has 0 spiro atoms. The number of thiophene rings is 1. The lowest BCUT2D eigenvalue weighted by atomic mass is 10.2. The lowest BCUT2D eigenvalue weighted by Gasteiger charge is -2.35. The van der Waals surface area contributed by atoms with Gasteiger partial charge in [0.1, 0.15) is 12.1 Å². The predicted molar refractivity (Wildman–Crippen MR) is 99.3 cm³/mol. The highest BCUT2D eigenvalue weighted by molar-refractivity contribution is 7.16. The molecule has 0 aliphatic carbocycles. The molecule has 3 heterocycles. The van der Waals surface area contributed by atoms with E-state index in [0.29, 0.717) is 6.54 Å². The molecule has 0 radical (unpaired) electrons. The Hall–Kier alpha value is -2.12. The van der Waals surface area contributed by atoms with E-state index in [0.717, 1.165) is 47.0 Å². The second kappa shape index (κ2) is 7.01. The van der Waals surface area contributed by atoms with E-state index >= 15 is 0 Å². The van der Waals surface area contributed by atoms with Gasteiger partial charge in [-0.3, -0.25) is 0 Å². The van der Waals surface area contributed by atoms with Crippen LogP contribution in [-0.4, -0.2) is 40.9 Å². The minimum Gasteiger partial charge on any atom is -0.368 e. The van der Waals surface area contributed by atoms with E-state index in [4.69, 9.17) is 11.6 Å². The summed E-state index contributed by atoms with van der Waals surface area (Å²) in [6.07, 6.45) is 1.76. The highest BCUT2D eigenvalue weighted by Crippen LogP contribution is 2.22. The molecule has 1 aliphatic heterocycles. The van der Waals surface area contributed by atoms with E-state index in [-0.39, 0.29) is 5.82 Å². The van der Waals surface area contributed by atoms with E-state index in [1.54, 1.807) is 17.7 Å². The maximum absolute atomic E-state index is 13.0. The molecule has 2 aromatic heterocycles. The molecule has 0 amide bonds. The average molecular weight is 378 g/mol. The molecule has 0 N–H and O–H groups in total. The molecule has 5 nitrogen and oxygen atoms in total. The zero-order valence-electron chi connectivity index (χ0n) is 13.5. The predicted octanol–water partition coefficient (Wildman–Crippen LogP) is 3.51. The Kier molecular flexibility index (Phi) is 4.59. The fourth-order valence-electron chi connectivity index (χ4n) is 2.92. The minimum atomic E-state index is -0.204. The number of aromatic nitrogens is 3. The van der Waals surface area contributed by atoms with Gasteiger partial charge in [0.15, 0.2) is 0 Å². The summed E-state index contributed by atoms with van der Waals surface area (Å²) >= 11 is 7.52. The van der Waals surface area contributed by atoms with Crippen LogP contribution in [0.25, 0.3) is 0 Å². The Morgan fingerprint density at radius 2 is 1.72 bits per heavy atom. The van der Waals surface area contributed by atoms with Gasteiger partial charge in [0.2, 0.25) is 5.95 Å². The van der Waals surface area contributed by atoms with Gasteiger partial charge in [-0.15, -0.1) is 16.4 Å². The third kappa shape index (κ3) is 3.77. The standard InChI is InChI=1S/C17H17ClFN5S/c18-16-6-5-15(25-16)11-24-12-20-17(21-24)23-9-7-22(8-10-23)14-3-1-13(19)2-4-14/h1-6,12H,7-11H2. The number of hydrogen-bond acceptors (Lipinski definition) is 5. The zero-order valence-corrected chi connectivity index (χ0v) is 15.0. The summed E-state index contributed by atoms with van der Waals surface area (Å²) in [5, 5.41) is 4.57. The van der Waals surface area contributed by atoms with E-state index in [2.05, 4.69) is 19.9 Å². The van der Waals surface area contributed by atoms with Crippen molar-refractivity contribution in [2.45, 2.75) is 6.54 Å². The van der Waals surface area contributed by atoms with Crippen molar-refractivity contribution in [3.05, 3.63) is 57.8 Å². The quantitative estimate of drug-likeness (QED) is 0.697. The highest BCUT2D eigenvalue weighted by atomic mass is 35.5. The SMILES string of the molecule is Fc1ccc(N2CCN(c3ncn(Cc4ccc(Cl)s4)n3)CC2)cc1. The van der Waals surface area contributed by atoms with Gasteiger partial charge < -0.3 is 9.80 Å². The Bertz CT molecular complexity index is 839. The van der Waals surface area contributed by atoms with Crippen molar-refractivity contribution in [3.63, 3.8) is 0 Å². The lowest BCUT2D eigenvalue weighted by Crippen LogP contribution is -2.47. The van der Waals surface area contributed by atoms with Crippen LogP contribution < -0.4 is 9.80 Å². The maximum Gasteiger partial charge on any atom is 0.244 e. The van der Waals surface area contributed by atoms with Crippen molar-refractivity contribution in [2.24, 2.45) is 0 Å². The van der Waals surface area contributed by atoms with Gasteiger partial charge in [-0.2, -0.15) is 0 Å². The topological polar surface area (TPSA) is 37.2 Å². The van der Waals surface area contributed by atoms with Crippen molar-refractivity contribution in [3.8, 4) is 0 Å². The largest absolute Gasteiger partial charge is 0.368 e. The summed E-state index contributed by atoms with van der Waals surface area (Å²) in [6, 6.07) is 10.6. The number of halogens is 2. The van der Waals surface area contributed by atoms with Gasteiger partial charge in [-0.1, -0.05) is 11.6 Å². The van der Waals surface area contributed by atoms with Gasteiger partial charge >= 0.3 is 0 Å². The molecular weight excluding hydrogens is 361 g/mol. The molecule has 0 unspecified atom stereocenters. The fraction of sp³-hybridized carbons (Fsp3) is 0.294. The van der Waals surface area contributed by atoms with Gasteiger partial charge in [-0.05, 0) is 36.4 Å². The first kappa shape index (κ1) is 16.4. The first-order valence-corrected chi connectivity index (χ1v) is 9.26. The van der Waals surface area contributed by atoms with Crippen LogP contribution in [-0.2, 0) is 6.54 Å². The van der Waals surface area contributed by atoms with Gasteiger partial charge in [0.25, 0.3) is 0 Å². The van der Waals surface area contributed by atoms with Crippen LogP contribution in [0.4, 0.5) is 16.0 Å². The summed E-state index contributed by atoms with van der Waals surface area (Å²) in [7, 11) is 0. The van der Waals surface area contributed by atoms with Crippen LogP contribution in [0.1, 0.15) is 4.88 Å². The Morgan fingerprint density at radius 3 is 2.40 bits per heavy atom. The van der Waals surface area contributed by atoms with E-state index < -0.39 is 0 Å². The maximum atomic E-state index is 13.0. The van der Waals surface area contributed by atoms with Crippen molar-refractivity contribution < 1.29 is 4.39 Å². The molecule has 1 aromatic carbocycles. The third-order valence-corrected chi connectivity index (χ3v) is 5.44. The second-order valence-electron chi connectivity index (χ2n) is 5.90. The minimum absolute atomic E-state index is 0.204. The molecule has 0 bridgehead atoms. The number of hydrogen-bond donors (Lipinski definition) is 0. The Morgan fingerprint density at radius 1 is 1.00 bits per heavy atom. The van der Waals surface area contributed by atoms with Gasteiger partial charge in [0, 0.05) is 36.7 Å². The monoisotopic (exact) mass is 377 g/mol. The lowest BCUT2D eigenvalue weighted by molar-refractivity contribution is 0.620. The first-order chi connectivity index (χ1) is 12.2. The van der Waals surface area contributed by atoms with Crippen molar-refractivity contribution in [1.82, 2.24) is 14.8 Å². The normalized spacial score (nSPS) is 15.0. The van der Waals surface area contributed by atoms with Crippen LogP contribution in [0.5, 0.6) is 0 Å². The number of piperazine rings is 1. The third-order valence-electron chi connectivity index (χ3n) is 4.23. The molecular formula is C17H17ClFN5S. The highest BCUT2D eigenvalue weighted by Gasteiger charge is 2.20. The molecule has 1 aliphatic rings. The summed E-state index contributed by atoms with van der Waals surface area (Å²) in [5.41, 5.74) is 1.05. The number of rotatable bonds is 4. The molecule has 25 heavy (non-hydrogen) atoms. The van der Waals surface area contributed by atoms with Crippen molar-refractivity contribution >= 4 is 34.6 Å². The van der Waals surface area contributed by atoms with Crippen molar-refractivity contribution in [2.75, 3.05) is 36.0 Å². The number of nitrogens with zero attached hydrogens (tertiary/aromatic N) is 5. The van der Waals surface area contributed by atoms with Crippen LogP contribution in [0.2, 0.25) is 4.34 Å². The number of anilines is 2. The summed E-state index contributed by atoms with van der Waals surface area (Å²) in [5.74, 6) is 0.547. The Balaban J connectivity index is 1.37. The fourth-order valence-corrected chi connectivity index (χ4v) is 4.00. The molecule has 8 heteroatoms. The van der Waals surface area contributed by atoms with E-state index in [1.165, 1.54) is 12.1 Å². The second-order valence-corrected chi connectivity index (χ2v) is 7.70. The summed E-state index contributed by atoms with van der Waals surface area (Å²) < 4.78 is 15.7. The van der Waals surface area contributed by atoms with Crippen molar-refractivity contribution in [1.29, 1.82) is 0 Å². The molecule has 0 saturated carbocycles. The van der Waals surface area contributed by atoms with Crippen LogP contribution in [0.15, 0.2) is 42.7 Å². The van der Waals surface area contributed by atoms with Crippen LogP contribution in [0.3, 0.4) is 0 Å². The summed E-state index contributed by atoms with van der Waals surface area (Å²) in [6.45, 7) is 4.08. The molecule has 130 valence electrons. The summed E-state index contributed by atoms with van der Waals surface area (Å²) in [4.78, 5) is 10.0. The van der Waals surface area contributed by atoms with E-state index in [9.17, 15) is 4.39 Å². The molecule has 3 aromatic rings. The Labute approximate surface area is 154 Å². The first-order valence-electron chi connectivity index (χ1n) is 8.06. The molecule has 1 saturated heterocycles. The van der Waals surface area contributed by atoms with Crippen LogP contribution >= 0.6 is 22.9 Å². The molecule has 0 atom stereocenters. The number of benzene rings is 1. The van der Waals surface area contributed by atoms with Gasteiger partial charge in [0.05, 0.1) is 10.9 Å².